The van der Waals surface area contributed by atoms with Crippen molar-refractivity contribution in [3.05, 3.63) is 35.9 Å². The number of piperidine rings is 1. The summed E-state index contributed by atoms with van der Waals surface area (Å²) in [4.78, 5) is 15.0. The molecule has 2 fully saturated rings. The Morgan fingerprint density at radius 2 is 1.85 bits per heavy atom. The Balaban J connectivity index is 1.85. The van der Waals surface area contributed by atoms with Gasteiger partial charge >= 0.3 is 0 Å². The smallest absolute Gasteiger partial charge is 0.227 e. The lowest BCUT2D eigenvalue weighted by atomic mass is 9.68. The zero-order chi connectivity index (χ0) is 14.2. The Morgan fingerprint density at radius 3 is 2.45 bits per heavy atom. The quantitative estimate of drug-likeness (QED) is 0.896. The molecule has 0 saturated carbocycles. The summed E-state index contributed by atoms with van der Waals surface area (Å²) in [6.07, 6.45) is 1.97. The van der Waals surface area contributed by atoms with Crippen molar-refractivity contribution in [2.45, 2.75) is 38.6 Å². The first kappa shape index (κ1) is 13.6. The number of benzene rings is 1. The van der Waals surface area contributed by atoms with E-state index in [0.717, 1.165) is 32.5 Å². The van der Waals surface area contributed by atoms with Crippen LogP contribution in [0, 0.1) is 5.41 Å². The van der Waals surface area contributed by atoms with Crippen molar-refractivity contribution < 1.29 is 4.79 Å². The van der Waals surface area contributed by atoms with Crippen molar-refractivity contribution in [1.29, 1.82) is 0 Å². The van der Waals surface area contributed by atoms with Gasteiger partial charge in [-0.25, -0.2) is 0 Å². The zero-order valence-corrected chi connectivity index (χ0v) is 12.4. The predicted molar refractivity (Wildman–Crippen MR) is 80.6 cm³/mol. The second-order valence-corrected chi connectivity index (χ2v) is 6.46. The molecule has 108 valence electrons. The molecule has 0 radical (unpaired) electrons. The van der Waals surface area contributed by atoms with Crippen LogP contribution in [0.1, 0.15) is 38.2 Å². The molecule has 1 aromatic rings. The minimum atomic E-state index is -0.174. The van der Waals surface area contributed by atoms with E-state index in [-0.39, 0.29) is 11.3 Å². The van der Waals surface area contributed by atoms with Crippen LogP contribution in [0.4, 0.5) is 0 Å². The number of nitrogens with one attached hydrogen (secondary N) is 1. The van der Waals surface area contributed by atoms with Crippen LogP contribution in [-0.4, -0.2) is 36.5 Å². The number of carbonyl (C=O) groups is 1. The van der Waals surface area contributed by atoms with Crippen LogP contribution in [0.3, 0.4) is 0 Å². The molecular formula is C17H24N2O. The second-order valence-electron chi connectivity index (χ2n) is 6.46. The SMILES string of the molecule is CC(C)N1CCC2(CC1)C(=O)NCC2c1ccccc1. The monoisotopic (exact) mass is 272 g/mol. The fourth-order valence-electron chi connectivity index (χ4n) is 3.86. The van der Waals surface area contributed by atoms with Gasteiger partial charge in [0.2, 0.25) is 5.91 Å². The van der Waals surface area contributed by atoms with Gasteiger partial charge in [-0.15, -0.1) is 0 Å². The molecule has 2 aliphatic rings. The van der Waals surface area contributed by atoms with Crippen LogP contribution in [0.25, 0.3) is 0 Å². The normalized spacial score (nSPS) is 26.1. The van der Waals surface area contributed by atoms with Crippen LogP contribution in [-0.2, 0) is 4.79 Å². The van der Waals surface area contributed by atoms with Gasteiger partial charge in [0.1, 0.15) is 0 Å². The maximum Gasteiger partial charge on any atom is 0.227 e. The maximum absolute atomic E-state index is 12.5. The van der Waals surface area contributed by atoms with Crippen LogP contribution in [0.15, 0.2) is 30.3 Å². The van der Waals surface area contributed by atoms with Crippen molar-refractivity contribution >= 4 is 5.91 Å². The van der Waals surface area contributed by atoms with Crippen LogP contribution in [0.2, 0.25) is 0 Å². The molecule has 3 nitrogen and oxygen atoms in total. The number of likely N-dealkylation sites (tertiary alicyclic amines) is 1. The highest BCUT2D eigenvalue weighted by molar-refractivity contribution is 5.86. The molecule has 2 heterocycles. The molecule has 2 saturated heterocycles. The average molecular weight is 272 g/mol. The number of nitrogens with zero attached hydrogens (tertiary/aromatic N) is 1. The number of rotatable bonds is 2. The molecule has 0 aromatic heterocycles. The van der Waals surface area contributed by atoms with E-state index in [1.165, 1.54) is 5.56 Å². The molecule has 20 heavy (non-hydrogen) atoms. The van der Waals surface area contributed by atoms with Crippen LogP contribution >= 0.6 is 0 Å². The summed E-state index contributed by atoms with van der Waals surface area (Å²) in [5, 5.41) is 3.12. The number of amides is 1. The third kappa shape index (κ3) is 2.14. The molecular weight excluding hydrogens is 248 g/mol. The number of carbonyl (C=O) groups excluding carboxylic acids is 1. The van der Waals surface area contributed by atoms with E-state index in [1.54, 1.807) is 0 Å². The molecule has 0 aliphatic carbocycles. The minimum Gasteiger partial charge on any atom is -0.355 e. The molecule has 1 unspecified atom stereocenters. The summed E-state index contributed by atoms with van der Waals surface area (Å²) in [5.41, 5.74) is 1.14. The summed E-state index contributed by atoms with van der Waals surface area (Å²) < 4.78 is 0. The van der Waals surface area contributed by atoms with E-state index in [4.69, 9.17) is 0 Å². The summed E-state index contributed by atoms with van der Waals surface area (Å²) in [5.74, 6) is 0.611. The number of hydrogen-bond acceptors (Lipinski definition) is 2. The lowest BCUT2D eigenvalue weighted by molar-refractivity contribution is -0.131. The Bertz CT molecular complexity index is 475. The Morgan fingerprint density at radius 1 is 1.20 bits per heavy atom. The Kier molecular flexibility index (Phi) is 3.55. The number of hydrogen-bond donors (Lipinski definition) is 1. The third-order valence-corrected chi connectivity index (χ3v) is 5.21. The van der Waals surface area contributed by atoms with Gasteiger partial charge in [-0.3, -0.25) is 4.79 Å². The highest BCUT2D eigenvalue weighted by Gasteiger charge is 2.51. The molecule has 1 aromatic carbocycles. The first-order valence-corrected chi connectivity index (χ1v) is 7.71. The van der Waals surface area contributed by atoms with Crippen molar-refractivity contribution in [2.24, 2.45) is 5.41 Å². The first-order valence-electron chi connectivity index (χ1n) is 7.71. The summed E-state index contributed by atoms with van der Waals surface area (Å²) in [6.45, 7) is 7.34. The molecule has 1 atom stereocenters. The van der Waals surface area contributed by atoms with Gasteiger partial charge in [-0.1, -0.05) is 30.3 Å². The zero-order valence-electron chi connectivity index (χ0n) is 12.4. The van der Waals surface area contributed by atoms with E-state index >= 15 is 0 Å². The van der Waals surface area contributed by atoms with Crippen molar-refractivity contribution in [3.8, 4) is 0 Å². The largest absolute Gasteiger partial charge is 0.355 e. The molecule has 3 heteroatoms. The van der Waals surface area contributed by atoms with Gasteiger partial charge in [0.25, 0.3) is 0 Å². The topological polar surface area (TPSA) is 32.3 Å². The van der Waals surface area contributed by atoms with E-state index in [0.29, 0.717) is 12.0 Å². The average Bonchev–Trinajstić information content (AvgIpc) is 2.78. The van der Waals surface area contributed by atoms with Crippen molar-refractivity contribution in [1.82, 2.24) is 10.2 Å². The highest BCUT2D eigenvalue weighted by atomic mass is 16.2. The molecule has 1 N–H and O–H groups in total. The third-order valence-electron chi connectivity index (χ3n) is 5.21. The standard InChI is InChI=1S/C17H24N2O/c1-13(2)19-10-8-17(9-11-19)15(12-18-16(17)20)14-6-4-3-5-7-14/h3-7,13,15H,8-12H2,1-2H3,(H,18,20). The minimum absolute atomic E-state index is 0.174. The van der Waals surface area contributed by atoms with Crippen LogP contribution in [0.5, 0.6) is 0 Å². The van der Waals surface area contributed by atoms with Gasteiger partial charge in [-0.2, -0.15) is 0 Å². The molecule has 2 aliphatic heterocycles. The van der Waals surface area contributed by atoms with Crippen LogP contribution < -0.4 is 5.32 Å². The van der Waals surface area contributed by atoms with E-state index in [2.05, 4.69) is 48.3 Å². The van der Waals surface area contributed by atoms with Gasteiger partial charge in [0.15, 0.2) is 0 Å². The maximum atomic E-state index is 12.5. The van der Waals surface area contributed by atoms with Gasteiger partial charge in [0.05, 0.1) is 5.41 Å². The van der Waals surface area contributed by atoms with Gasteiger partial charge in [0, 0.05) is 18.5 Å². The Labute approximate surface area is 121 Å². The fraction of sp³-hybridized carbons (Fsp3) is 0.588. The summed E-state index contributed by atoms with van der Waals surface area (Å²) in [7, 11) is 0. The van der Waals surface area contributed by atoms with E-state index in [9.17, 15) is 4.79 Å². The second kappa shape index (κ2) is 5.21. The lowest BCUT2D eigenvalue weighted by Crippen LogP contribution is -2.47. The van der Waals surface area contributed by atoms with Crippen molar-refractivity contribution in [3.63, 3.8) is 0 Å². The summed E-state index contributed by atoms with van der Waals surface area (Å²) in [6, 6.07) is 11.1. The lowest BCUT2D eigenvalue weighted by Gasteiger charge is -2.42. The van der Waals surface area contributed by atoms with E-state index in [1.807, 2.05) is 6.07 Å². The van der Waals surface area contributed by atoms with Crippen molar-refractivity contribution in [2.75, 3.05) is 19.6 Å². The fourth-order valence-corrected chi connectivity index (χ4v) is 3.86. The van der Waals surface area contributed by atoms with Gasteiger partial charge < -0.3 is 10.2 Å². The first-order chi connectivity index (χ1) is 9.63. The molecule has 1 spiro atoms. The predicted octanol–water partition coefficient (Wildman–Crippen LogP) is 2.39. The summed E-state index contributed by atoms with van der Waals surface area (Å²) >= 11 is 0. The molecule has 1 amide bonds. The molecule has 3 rings (SSSR count). The Hall–Kier alpha value is -1.35. The highest BCUT2D eigenvalue weighted by Crippen LogP contribution is 2.47. The molecule has 0 bridgehead atoms. The van der Waals surface area contributed by atoms with E-state index < -0.39 is 0 Å². The van der Waals surface area contributed by atoms with Gasteiger partial charge in [-0.05, 0) is 45.3 Å².